The number of hydrogen-bond donors (Lipinski definition) is 1. The van der Waals surface area contributed by atoms with Gasteiger partial charge in [0.15, 0.2) is 0 Å². The van der Waals surface area contributed by atoms with E-state index in [1.807, 2.05) is 18.2 Å². The van der Waals surface area contributed by atoms with Crippen molar-refractivity contribution in [3.8, 4) is 0 Å². The Hall–Kier alpha value is -4.09. The third-order valence-electron chi connectivity index (χ3n) is 5.94. The Bertz CT molecular complexity index is 1130. The largest absolute Gasteiger partial charge is 0.364 e. The van der Waals surface area contributed by atoms with Crippen LogP contribution >= 0.6 is 0 Å². The van der Waals surface area contributed by atoms with Crippen molar-refractivity contribution in [2.45, 2.75) is 0 Å². The average Bonchev–Trinajstić information content (AvgIpc) is 2.98. The summed E-state index contributed by atoms with van der Waals surface area (Å²) >= 11 is 0. The monoisotopic (exact) mass is 532 g/mol. The summed E-state index contributed by atoms with van der Waals surface area (Å²) in [6.07, 6.45) is 0. The molecule has 0 saturated carbocycles. The highest BCUT2D eigenvalue weighted by atomic mass is 16.7. The summed E-state index contributed by atoms with van der Waals surface area (Å²) in [6, 6.07) is 26.2. The maximum absolute atomic E-state index is 12.8. The van der Waals surface area contributed by atoms with Crippen molar-refractivity contribution in [1.29, 1.82) is 0 Å². The number of carbonyl (C=O) groups excluding carboxylic acids is 3. The molecule has 3 aromatic rings. The molecule has 10 heteroatoms. The minimum atomic E-state index is -0.509. The van der Waals surface area contributed by atoms with Crippen LogP contribution in [-0.2, 0) is 14.5 Å². The second kappa shape index (κ2) is 14.7. The molecular formula is C29H32N4O6. The number of rotatable bonds is 6. The van der Waals surface area contributed by atoms with Gasteiger partial charge in [-0.05, 0) is 36.4 Å². The van der Waals surface area contributed by atoms with E-state index in [-0.39, 0.29) is 26.2 Å². The third-order valence-corrected chi connectivity index (χ3v) is 5.94. The summed E-state index contributed by atoms with van der Waals surface area (Å²) < 4.78 is 0. The van der Waals surface area contributed by atoms with Gasteiger partial charge in [-0.25, -0.2) is 14.4 Å². The first-order valence-corrected chi connectivity index (χ1v) is 12.9. The maximum atomic E-state index is 12.8. The molecule has 39 heavy (non-hydrogen) atoms. The molecule has 0 spiro atoms. The van der Waals surface area contributed by atoms with Crippen molar-refractivity contribution in [2.24, 2.45) is 0 Å². The highest BCUT2D eigenvalue weighted by molar-refractivity contribution is 5.90. The van der Waals surface area contributed by atoms with Crippen LogP contribution in [0.1, 0.15) is 31.1 Å². The fraction of sp³-hybridized carbons (Fsp3) is 0.276. The van der Waals surface area contributed by atoms with Gasteiger partial charge in [0.05, 0.1) is 42.9 Å². The molecule has 1 aliphatic rings. The van der Waals surface area contributed by atoms with Gasteiger partial charge in [0.25, 0.3) is 0 Å². The van der Waals surface area contributed by atoms with Gasteiger partial charge in [0.2, 0.25) is 0 Å². The number of nitrogens with one attached hydrogen (secondary N) is 1. The molecule has 1 N–H and O–H groups in total. The van der Waals surface area contributed by atoms with Gasteiger partial charge in [-0.1, -0.05) is 54.6 Å². The predicted octanol–water partition coefficient (Wildman–Crippen LogP) is 2.81. The molecule has 4 rings (SSSR count). The van der Waals surface area contributed by atoms with Crippen molar-refractivity contribution in [2.75, 3.05) is 52.4 Å². The third kappa shape index (κ3) is 9.01. The zero-order valence-corrected chi connectivity index (χ0v) is 21.6. The number of carbonyl (C=O) groups is 3. The van der Waals surface area contributed by atoms with E-state index in [0.29, 0.717) is 42.9 Å². The van der Waals surface area contributed by atoms with Crippen molar-refractivity contribution in [1.82, 2.24) is 20.5 Å². The van der Waals surface area contributed by atoms with Gasteiger partial charge in [0, 0.05) is 26.2 Å². The van der Waals surface area contributed by atoms with Crippen LogP contribution in [0.5, 0.6) is 0 Å². The fourth-order valence-corrected chi connectivity index (χ4v) is 3.82. The molecule has 0 radical (unpaired) electrons. The van der Waals surface area contributed by atoms with Crippen LogP contribution in [0.25, 0.3) is 0 Å². The quantitative estimate of drug-likeness (QED) is 0.510. The van der Waals surface area contributed by atoms with Crippen LogP contribution in [0.3, 0.4) is 0 Å². The molecule has 1 heterocycles. The molecule has 3 aromatic carbocycles. The van der Waals surface area contributed by atoms with E-state index in [4.69, 9.17) is 14.5 Å². The molecule has 10 nitrogen and oxygen atoms in total. The smallest absolute Gasteiger partial charge is 0.357 e. The lowest BCUT2D eigenvalue weighted by atomic mass is 10.2. The molecule has 0 atom stereocenters. The Kier molecular flexibility index (Phi) is 10.6. The molecule has 0 aromatic heterocycles. The molecule has 1 saturated heterocycles. The number of hydrogen-bond acceptors (Lipinski definition) is 10. The summed E-state index contributed by atoms with van der Waals surface area (Å²) in [5.74, 6) is -1.44. The van der Waals surface area contributed by atoms with Crippen LogP contribution < -0.4 is 5.32 Å². The number of hydroxylamine groups is 6. The highest BCUT2D eigenvalue weighted by Crippen LogP contribution is 2.09. The topological polar surface area (TPSA) is 101 Å². The lowest BCUT2D eigenvalue weighted by Gasteiger charge is -2.29. The Balaban J connectivity index is 1.43. The fourth-order valence-electron chi connectivity index (χ4n) is 3.82. The van der Waals surface area contributed by atoms with Gasteiger partial charge in [-0.15, -0.1) is 15.2 Å². The van der Waals surface area contributed by atoms with E-state index >= 15 is 0 Å². The van der Waals surface area contributed by atoms with Gasteiger partial charge in [-0.3, -0.25) is 0 Å². The first-order valence-electron chi connectivity index (χ1n) is 12.9. The first kappa shape index (κ1) is 27.9. The normalized spacial score (nSPS) is 16.3. The molecule has 1 aliphatic heterocycles. The van der Waals surface area contributed by atoms with Crippen LogP contribution in [0.15, 0.2) is 91.0 Å². The van der Waals surface area contributed by atoms with Gasteiger partial charge >= 0.3 is 17.9 Å². The Morgan fingerprint density at radius 1 is 0.462 bits per heavy atom. The average molecular weight is 533 g/mol. The number of nitrogens with zero attached hydrogens (tertiary/aromatic N) is 3. The summed E-state index contributed by atoms with van der Waals surface area (Å²) in [5, 5.41) is 7.90. The van der Waals surface area contributed by atoms with E-state index in [9.17, 15) is 14.4 Å². The van der Waals surface area contributed by atoms with Gasteiger partial charge in [0.1, 0.15) is 0 Å². The van der Waals surface area contributed by atoms with E-state index in [1.165, 1.54) is 5.06 Å². The Labute approximate surface area is 227 Å². The van der Waals surface area contributed by atoms with Crippen LogP contribution in [0.4, 0.5) is 0 Å². The molecule has 0 bridgehead atoms. The second-order valence-electron chi connectivity index (χ2n) is 8.77. The minimum absolute atomic E-state index is 0.251. The lowest BCUT2D eigenvalue weighted by molar-refractivity contribution is -0.165. The molecule has 0 unspecified atom stereocenters. The Morgan fingerprint density at radius 3 is 1.05 bits per heavy atom. The zero-order chi connectivity index (χ0) is 27.3. The Morgan fingerprint density at radius 2 is 0.744 bits per heavy atom. The van der Waals surface area contributed by atoms with Crippen LogP contribution in [0.2, 0.25) is 0 Å². The number of benzene rings is 3. The zero-order valence-electron chi connectivity index (χ0n) is 21.6. The summed E-state index contributed by atoms with van der Waals surface area (Å²) in [4.78, 5) is 55.1. The van der Waals surface area contributed by atoms with Crippen molar-refractivity contribution in [3.05, 3.63) is 108 Å². The summed E-state index contributed by atoms with van der Waals surface area (Å²) in [6.45, 7) is 2.92. The van der Waals surface area contributed by atoms with Crippen molar-refractivity contribution < 1.29 is 28.9 Å². The summed E-state index contributed by atoms with van der Waals surface area (Å²) in [5.41, 5.74) is 1.30. The molecule has 1 fully saturated rings. The van der Waals surface area contributed by atoms with E-state index in [2.05, 4.69) is 5.32 Å². The second-order valence-corrected chi connectivity index (χ2v) is 8.77. The van der Waals surface area contributed by atoms with Crippen molar-refractivity contribution >= 4 is 17.9 Å². The predicted molar refractivity (Wildman–Crippen MR) is 143 cm³/mol. The lowest BCUT2D eigenvalue weighted by Crippen LogP contribution is -2.46. The first-order chi connectivity index (χ1) is 19.1. The SMILES string of the molecule is O=C(ON1CCNCCN(OC(=O)c2ccccc2)CCN(OC(=O)c2ccccc2)CC1)c1ccccc1. The molecule has 204 valence electrons. The van der Waals surface area contributed by atoms with E-state index in [0.717, 1.165) is 0 Å². The highest BCUT2D eigenvalue weighted by Gasteiger charge is 2.22. The van der Waals surface area contributed by atoms with E-state index in [1.54, 1.807) is 82.9 Å². The maximum Gasteiger partial charge on any atom is 0.357 e. The standard InChI is InChI=1S/C29H32N4O6/c34-27(24-10-4-1-5-11-24)37-31-18-16-30-17-19-32(38-28(35)25-12-6-2-7-13-25)21-23-33(22-20-31)39-29(36)26-14-8-3-9-15-26/h1-15,30H,16-23H2. The van der Waals surface area contributed by atoms with Gasteiger partial charge in [-0.2, -0.15) is 0 Å². The minimum Gasteiger partial charge on any atom is -0.364 e. The van der Waals surface area contributed by atoms with E-state index < -0.39 is 17.9 Å². The summed E-state index contributed by atoms with van der Waals surface area (Å²) in [7, 11) is 0. The van der Waals surface area contributed by atoms with Crippen LogP contribution in [-0.4, -0.2) is 85.5 Å². The van der Waals surface area contributed by atoms with Gasteiger partial charge < -0.3 is 19.8 Å². The van der Waals surface area contributed by atoms with Crippen molar-refractivity contribution in [3.63, 3.8) is 0 Å². The molecule has 0 aliphatic carbocycles. The van der Waals surface area contributed by atoms with Crippen LogP contribution in [0, 0.1) is 0 Å². The molecular weight excluding hydrogens is 500 g/mol. The molecule has 0 amide bonds.